The molecule has 0 spiro atoms. The van der Waals surface area contributed by atoms with E-state index >= 15 is 0 Å². The summed E-state index contributed by atoms with van der Waals surface area (Å²) in [6, 6.07) is 0. The van der Waals surface area contributed by atoms with Crippen LogP contribution in [0.15, 0.2) is 0 Å². The highest BCUT2D eigenvalue weighted by Crippen LogP contribution is 2.39. The minimum absolute atomic E-state index is 0.0425. The third kappa shape index (κ3) is 3.47. The molecule has 1 fully saturated rings. The predicted octanol–water partition coefficient (Wildman–Crippen LogP) is 3.37. The Morgan fingerprint density at radius 2 is 1.67 bits per heavy atom. The summed E-state index contributed by atoms with van der Waals surface area (Å²) in [7, 11) is 0. The normalized spacial score (nSPS) is 23.9. The van der Waals surface area contributed by atoms with Crippen molar-refractivity contribution in [3.8, 4) is 0 Å². The van der Waals surface area contributed by atoms with Crippen LogP contribution in [0.25, 0.3) is 0 Å². The van der Waals surface area contributed by atoms with Crippen molar-refractivity contribution < 1.29 is 9.53 Å². The maximum Gasteiger partial charge on any atom is 0.306 e. The molecule has 1 aliphatic rings. The molecule has 1 heterocycles. The lowest BCUT2D eigenvalue weighted by Crippen LogP contribution is -2.62. The first-order chi connectivity index (χ1) is 8.23. The Bertz CT molecular complexity index is 279. The molecule has 1 rings (SSSR count). The molecule has 3 heteroatoms. The van der Waals surface area contributed by atoms with Gasteiger partial charge in [0.25, 0.3) is 0 Å². The molecule has 0 bridgehead atoms. The molecule has 0 aromatic carbocycles. The number of rotatable bonds is 4. The maximum absolute atomic E-state index is 11.6. The van der Waals surface area contributed by atoms with Crippen molar-refractivity contribution in [2.75, 3.05) is 6.54 Å². The number of carbonyl (C=O) groups is 1. The van der Waals surface area contributed by atoms with E-state index in [1.165, 1.54) is 0 Å². The summed E-state index contributed by atoms with van der Waals surface area (Å²) in [4.78, 5) is 14.2. The summed E-state index contributed by atoms with van der Waals surface area (Å²) >= 11 is 0. The van der Waals surface area contributed by atoms with Gasteiger partial charge in [0.15, 0.2) is 0 Å². The molecule has 0 unspecified atom stereocenters. The topological polar surface area (TPSA) is 29.5 Å². The minimum Gasteiger partial charge on any atom is -0.462 e. The highest BCUT2D eigenvalue weighted by molar-refractivity contribution is 5.69. The van der Waals surface area contributed by atoms with E-state index in [1.807, 2.05) is 6.92 Å². The molecule has 106 valence electrons. The second-order valence-corrected chi connectivity index (χ2v) is 6.64. The number of hydrogen-bond acceptors (Lipinski definition) is 3. The molecule has 0 aromatic heterocycles. The van der Waals surface area contributed by atoms with Crippen LogP contribution in [0, 0.1) is 0 Å². The number of likely N-dealkylation sites (tertiary alicyclic amines) is 1. The first kappa shape index (κ1) is 15.5. The van der Waals surface area contributed by atoms with Crippen LogP contribution in [0.3, 0.4) is 0 Å². The molecule has 0 aromatic rings. The van der Waals surface area contributed by atoms with Gasteiger partial charge in [0.2, 0.25) is 0 Å². The van der Waals surface area contributed by atoms with Crippen molar-refractivity contribution in [1.82, 2.24) is 4.90 Å². The fourth-order valence-electron chi connectivity index (χ4n) is 3.61. The third-order valence-corrected chi connectivity index (χ3v) is 3.98. The minimum atomic E-state index is -0.0425. The van der Waals surface area contributed by atoms with Crippen molar-refractivity contribution in [2.24, 2.45) is 0 Å². The lowest BCUT2D eigenvalue weighted by atomic mass is 9.78. The molecular formula is C15H29NO2. The predicted molar refractivity (Wildman–Crippen MR) is 74.6 cm³/mol. The largest absolute Gasteiger partial charge is 0.462 e. The molecule has 1 aliphatic heterocycles. The average molecular weight is 255 g/mol. The number of ether oxygens (including phenoxy) is 1. The Balaban J connectivity index is 2.74. The number of piperidine rings is 1. The van der Waals surface area contributed by atoms with Crippen LogP contribution in [0.1, 0.15) is 67.2 Å². The summed E-state index contributed by atoms with van der Waals surface area (Å²) in [5, 5.41) is 0. The van der Waals surface area contributed by atoms with E-state index in [0.717, 1.165) is 25.8 Å². The van der Waals surface area contributed by atoms with Gasteiger partial charge in [-0.2, -0.15) is 0 Å². The SMILES string of the molecule is CCCC(=O)OC1CC(C)(C)N(CC)C(C)(C)C1. The number of hydrogen-bond donors (Lipinski definition) is 0. The molecule has 0 N–H and O–H groups in total. The highest BCUT2D eigenvalue weighted by Gasteiger charge is 2.45. The maximum atomic E-state index is 11.6. The third-order valence-electron chi connectivity index (χ3n) is 3.98. The molecule has 0 radical (unpaired) electrons. The van der Waals surface area contributed by atoms with Crippen molar-refractivity contribution in [2.45, 2.75) is 84.4 Å². The van der Waals surface area contributed by atoms with Crippen LogP contribution in [-0.2, 0) is 9.53 Å². The molecule has 3 nitrogen and oxygen atoms in total. The van der Waals surface area contributed by atoms with E-state index in [1.54, 1.807) is 0 Å². The van der Waals surface area contributed by atoms with Crippen molar-refractivity contribution >= 4 is 5.97 Å². The van der Waals surface area contributed by atoms with Crippen LogP contribution in [0.5, 0.6) is 0 Å². The number of carbonyl (C=O) groups excluding carboxylic acids is 1. The Morgan fingerprint density at radius 1 is 1.17 bits per heavy atom. The molecular weight excluding hydrogens is 226 g/mol. The Morgan fingerprint density at radius 3 is 2.06 bits per heavy atom. The standard InChI is InChI=1S/C15H29NO2/c1-7-9-13(17)18-12-10-14(3,4)16(8-2)15(5,6)11-12/h12H,7-11H2,1-6H3. The smallest absolute Gasteiger partial charge is 0.306 e. The van der Waals surface area contributed by atoms with Gasteiger partial charge in [0, 0.05) is 30.3 Å². The van der Waals surface area contributed by atoms with Gasteiger partial charge in [-0.25, -0.2) is 0 Å². The van der Waals surface area contributed by atoms with Crippen LogP contribution >= 0.6 is 0 Å². The Hall–Kier alpha value is -0.570. The van der Waals surface area contributed by atoms with E-state index < -0.39 is 0 Å². The van der Waals surface area contributed by atoms with Gasteiger partial charge >= 0.3 is 5.97 Å². The van der Waals surface area contributed by atoms with Gasteiger partial charge in [0.1, 0.15) is 6.10 Å². The second-order valence-electron chi connectivity index (χ2n) is 6.64. The van der Waals surface area contributed by atoms with Gasteiger partial charge in [-0.1, -0.05) is 13.8 Å². The van der Waals surface area contributed by atoms with Gasteiger partial charge in [0.05, 0.1) is 0 Å². The second kappa shape index (κ2) is 5.60. The molecule has 18 heavy (non-hydrogen) atoms. The summed E-state index contributed by atoms with van der Waals surface area (Å²) < 4.78 is 5.63. The van der Waals surface area contributed by atoms with E-state index in [4.69, 9.17) is 4.74 Å². The number of esters is 1. The lowest BCUT2D eigenvalue weighted by Gasteiger charge is -2.54. The van der Waals surface area contributed by atoms with Crippen LogP contribution < -0.4 is 0 Å². The van der Waals surface area contributed by atoms with Crippen molar-refractivity contribution in [3.05, 3.63) is 0 Å². The zero-order valence-corrected chi connectivity index (χ0v) is 12.9. The first-order valence-electron chi connectivity index (χ1n) is 7.20. The van der Waals surface area contributed by atoms with Gasteiger partial charge in [-0.15, -0.1) is 0 Å². The number of nitrogens with zero attached hydrogens (tertiary/aromatic N) is 1. The summed E-state index contributed by atoms with van der Waals surface area (Å²) in [6.45, 7) is 14.2. The van der Waals surface area contributed by atoms with E-state index in [0.29, 0.717) is 6.42 Å². The monoisotopic (exact) mass is 255 g/mol. The van der Waals surface area contributed by atoms with E-state index in [9.17, 15) is 4.79 Å². The molecule has 0 amide bonds. The zero-order chi connectivity index (χ0) is 14.0. The quantitative estimate of drug-likeness (QED) is 0.721. The van der Waals surface area contributed by atoms with Gasteiger partial charge in [-0.3, -0.25) is 9.69 Å². The van der Waals surface area contributed by atoms with E-state index in [-0.39, 0.29) is 23.2 Å². The summed E-state index contributed by atoms with van der Waals surface area (Å²) in [5.41, 5.74) is 0.182. The van der Waals surface area contributed by atoms with Crippen LogP contribution in [0.4, 0.5) is 0 Å². The molecule has 1 saturated heterocycles. The lowest BCUT2D eigenvalue weighted by molar-refractivity contribution is -0.160. The van der Waals surface area contributed by atoms with E-state index in [2.05, 4.69) is 39.5 Å². The van der Waals surface area contributed by atoms with Crippen molar-refractivity contribution in [1.29, 1.82) is 0 Å². The first-order valence-corrected chi connectivity index (χ1v) is 7.20. The van der Waals surface area contributed by atoms with Gasteiger partial charge < -0.3 is 4.74 Å². The Kier molecular flexibility index (Phi) is 4.82. The summed E-state index contributed by atoms with van der Waals surface area (Å²) in [6.07, 6.45) is 3.32. The zero-order valence-electron chi connectivity index (χ0n) is 12.9. The van der Waals surface area contributed by atoms with Crippen LogP contribution in [-0.4, -0.2) is 34.6 Å². The molecule has 0 saturated carbocycles. The molecule has 0 aliphatic carbocycles. The molecule has 0 atom stereocenters. The van der Waals surface area contributed by atoms with Gasteiger partial charge in [-0.05, 0) is 40.7 Å². The van der Waals surface area contributed by atoms with Crippen molar-refractivity contribution in [3.63, 3.8) is 0 Å². The van der Waals surface area contributed by atoms with Crippen LogP contribution in [0.2, 0.25) is 0 Å². The average Bonchev–Trinajstić information content (AvgIpc) is 2.13. The fraction of sp³-hybridized carbons (Fsp3) is 0.933. The Labute approximate surface area is 112 Å². The summed E-state index contributed by atoms with van der Waals surface area (Å²) in [5.74, 6) is -0.0425. The fourth-order valence-corrected chi connectivity index (χ4v) is 3.61. The highest BCUT2D eigenvalue weighted by atomic mass is 16.5.